The number of hydrogen-bond donors (Lipinski definition) is 1. The predicted octanol–water partition coefficient (Wildman–Crippen LogP) is 3.84. The number of piperazine rings is 1. The largest absolute Gasteiger partial charge is 0.320 e. The summed E-state index contributed by atoms with van der Waals surface area (Å²) in [5.74, 6) is -1.40. The number of anilines is 1. The van der Waals surface area contributed by atoms with Gasteiger partial charge in [-0.15, -0.1) is 0 Å². The van der Waals surface area contributed by atoms with E-state index in [1.54, 1.807) is 0 Å². The lowest BCUT2D eigenvalue weighted by Crippen LogP contribution is -2.48. The van der Waals surface area contributed by atoms with Crippen molar-refractivity contribution in [2.75, 3.05) is 38.0 Å². The van der Waals surface area contributed by atoms with Gasteiger partial charge in [0.05, 0.1) is 6.54 Å². The third-order valence-corrected chi connectivity index (χ3v) is 5.11. The van der Waals surface area contributed by atoms with Gasteiger partial charge in [0.1, 0.15) is 17.3 Å². The molecular formula is C22H27F2N3O. The summed E-state index contributed by atoms with van der Waals surface area (Å²) < 4.78 is 27.3. The Morgan fingerprint density at radius 1 is 0.964 bits per heavy atom. The average molecular weight is 387 g/mol. The van der Waals surface area contributed by atoms with Crippen molar-refractivity contribution in [3.63, 3.8) is 0 Å². The maximum absolute atomic E-state index is 13.6. The molecule has 6 heteroatoms. The standard InChI is InChI=1S/C22H27F2N3O/c1-16(2)18-8-6-17(7-9-18)14-26-10-12-27(13-11-26)15-21(28)25-22-19(23)4-3-5-20(22)24/h3-9,16H,10-15H2,1-2H3,(H,25,28). The normalized spacial score (nSPS) is 15.8. The zero-order valence-electron chi connectivity index (χ0n) is 16.4. The van der Waals surface area contributed by atoms with E-state index >= 15 is 0 Å². The van der Waals surface area contributed by atoms with Crippen LogP contribution in [0.2, 0.25) is 0 Å². The van der Waals surface area contributed by atoms with Gasteiger partial charge in [0, 0.05) is 32.7 Å². The van der Waals surface area contributed by atoms with Crippen molar-refractivity contribution in [1.29, 1.82) is 0 Å². The molecule has 0 saturated carbocycles. The molecule has 150 valence electrons. The van der Waals surface area contributed by atoms with E-state index in [2.05, 4.69) is 48.3 Å². The van der Waals surface area contributed by atoms with Crippen LogP contribution in [0, 0.1) is 11.6 Å². The second-order valence-electron chi connectivity index (χ2n) is 7.59. The fourth-order valence-electron chi connectivity index (χ4n) is 3.37. The van der Waals surface area contributed by atoms with E-state index in [4.69, 9.17) is 0 Å². The average Bonchev–Trinajstić information content (AvgIpc) is 2.67. The van der Waals surface area contributed by atoms with Crippen molar-refractivity contribution in [3.05, 3.63) is 65.2 Å². The topological polar surface area (TPSA) is 35.6 Å². The van der Waals surface area contributed by atoms with Gasteiger partial charge in [-0.1, -0.05) is 44.2 Å². The molecule has 0 radical (unpaired) electrons. The van der Waals surface area contributed by atoms with Gasteiger partial charge in [-0.2, -0.15) is 0 Å². The molecule has 1 amide bonds. The number of carbonyl (C=O) groups is 1. The lowest BCUT2D eigenvalue weighted by atomic mass is 10.0. The Labute approximate surface area is 165 Å². The van der Waals surface area contributed by atoms with E-state index in [-0.39, 0.29) is 12.2 Å². The minimum atomic E-state index is -0.762. The van der Waals surface area contributed by atoms with Crippen LogP contribution in [-0.4, -0.2) is 48.4 Å². The van der Waals surface area contributed by atoms with Crippen molar-refractivity contribution >= 4 is 11.6 Å². The molecule has 28 heavy (non-hydrogen) atoms. The molecule has 0 spiro atoms. The molecule has 1 aliphatic heterocycles. The number of halogens is 2. The van der Waals surface area contributed by atoms with E-state index in [0.717, 1.165) is 44.9 Å². The highest BCUT2D eigenvalue weighted by molar-refractivity contribution is 5.92. The molecule has 0 aromatic heterocycles. The summed E-state index contributed by atoms with van der Waals surface area (Å²) in [6.45, 7) is 8.59. The lowest BCUT2D eigenvalue weighted by Gasteiger charge is -2.34. The molecule has 0 unspecified atom stereocenters. The van der Waals surface area contributed by atoms with Gasteiger partial charge in [0.15, 0.2) is 0 Å². The zero-order chi connectivity index (χ0) is 20.1. The molecule has 0 atom stereocenters. The third-order valence-electron chi connectivity index (χ3n) is 5.11. The number of hydrogen-bond acceptors (Lipinski definition) is 3. The smallest absolute Gasteiger partial charge is 0.238 e. The first kappa shape index (κ1) is 20.4. The van der Waals surface area contributed by atoms with Gasteiger partial charge in [0.2, 0.25) is 5.91 Å². The highest BCUT2D eigenvalue weighted by atomic mass is 19.1. The Bertz CT molecular complexity index is 780. The van der Waals surface area contributed by atoms with E-state index < -0.39 is 17.5 Å². The Hall–Kier alpha value is -2.31. The highest BCUT2D eigenvalue weighted by Crippen LogP contribution is 2.18. The molecule has 3 rings (SSSR count). The molecule has 1 fully saturated rings. The maximum Gasteiger partial charge on any atom is 0.238 e. The minimum Gasteiger partial charge on any atom is -0.320 e. The van der Waals surface area contributed by atoms with Crippen LogP contribution >= 0.6 is 0 Å². The molecule has 2 aromatic rings. The highest BCUT2D eigenvalue weighted by Gasteiger charge is 2.20. The summed E-state index contributed by atoms with van der Waals surface area (Å²) in [5, 5.41) is 2.35. The van der Waals surface area contributed by atoms with Gasteiger partial charge in [0.25, 0.3) is 0 Å². The van der Waals surface area contributed by atoms with Gasteiger partial charge in [-0.05, 0) is 29.2 Å². The van der Waals surface area contributed by atoms with E-state index in [9.17, 15) is 13.6 Å². The number of nitrogens with one attached hydrogen (secondary N) is 1. The first-order valence-corrected chi connectivity index (χ1v) is 9.70. The Kier molecular flexibility index (Phi) is 6.75. The lowest BCUT2D eigenvalue weighted by molar-refractivity contribution is -0.117. The van der Waals surface area contributed by atoms with Crippen molar-refractivity contribution < 1.29 is 13.6 Å². The molecule has 0 aliphatic carbocycles. The quantitative estimate of drug-likeness (QED) is 0.818. The van der Waals surface area contributed by atoms with E-state index in [0.29, 0.717) is 5.92 Å². The Balaban J connectivity index is 1.45. The number of nitrogens with zero attached hydrogens (tertiary/aromatic N) is 2. The van der Waals surface area contributed by atoms with Crippen LogP contribution in [0.5, 0.6) is 0 Å². The summed E-state index contributed by atoms with van der Waals surface area (Å²) in [7, 11) is 0. The summed E-state index contributed by atoms with van der Waals surface area (Å²) in [4.78, 5) is 16.5. The minimum absolute atomic E-state index is 0.130. The molecular weight excluding hydrogens is 360 g/mol. The summed E-state index contributed by atoms with van der Waals surface area (Å²) >= 11 is 0. The second kappa shape index (κ2) is 9.26. The summed E-state index contributed by atoms with van der Waals surface area (Å²) in [6.07, 6.45) is 0. The number of amides is 1. The van der Waals surface area contributed by atoms with Gasteiger partial charge < -0.3 is 5.32 Å². The van der Waals surface area contributed by atoms with Gasteiger partial charge >= 0.3 is 0 Å². The van der Waals surface area contributed by atoms with Gasteiger partial charge in [-0.3, -0.25) is 14.6 Å². The van der Waals surface area contributed by atoms with Crippen LogP contribution in [0.4, 0.5) is 14.5 Å². The molecule has 2 aromatic carbocycles. The number of carbonyl (C=O) groups excluding carboxylic acids is 1. The molecule has 1 heterocycles. The predicted molar refractivity (Wildman–Crippen MR) is 107 cm³/mol. The van der Waals surface area contributed by atoms with E-state index in [1.165, 1.54) is 17.2 Å². The van der Waals surface area contributed by atoms with Crippen LogP contribution in [0.1, 0.15) is 30.9 Å². The fourth-order valence-corrected chi connectivity index (χ4v) is 3.37. The van der Waals surface area contributed by atoms with Crippen molar-refractivity contribution in [1.82, 2.24) is 9.80 Å². The molecule has 1 N–H and O–H groups in total. The number of para-hydroxylation sites is 1. The van der Waals surface area contributed by atoms with Crippen LogP contribution < -0.4 is 5.32 Å². The SMILES string of the molecule is CC(C)c1ccc(CN2CCN(CC(=O)Nc3c(F)cccc3F)CC2)cc1. The van der Waals surface area contributed by atoms with Gasteiger partial charge in [-0.25, -0.2) is 8.78 Å². The van der Waals surface area contributed by atoms with Crippen molar-refractivity contribution in [2.45, 2.75) is 26.3 Å². The van der Waals surface area contributed by atoms with Crippen LogP contribution in [0.15, 0.2) is 42.5 Å². The Morgan fingerprint density at radius 2 is 1.54 bits per heavy atom. The Morgan fingerprint density at radius 3 is 2.11 bits per heavy atom. The first-order chi connectivity index (χ1) is 13.4. The monoisotopic (exact) mass is 387 g/mol. The molecule has 0 bridgehead atoms. The first-order valence-electron chi connectivity index (χ1n) is 9.70. The summed E-state index contributed by atoms with van der Waals surface area (Å²) in [5.41, 5.74) is 2.24. The summed E-state index contributed by atoms with van der Waals surface area (Å²) in [6, 6.07) is 12.3. The van der Waals surface area contributed by atoms with Crippen LogP contribution in [0.25, 0.3) is 0 Å². The van der Waals surface area contributed by atoms with Crippen LogP contribution in [0.3, 0.4) is 0 Å². The second-order valence-corrected chi connectivity index (χ2v) is 7.59. The third kappa shape index (κ3) is 5.36. The molecule has 1 saturated heterocycles. The molecule has 4 nitrogen and oxygen atoms in total. The fraction of sp³-hybridized carbons (Fsp3) is 0.409. The van der Waals surface area contributed by atoms with E-state index in [1.807, 2.05) is 4.90 Å². The number of rotatable bonds is 6. The number of benzene rings is 2. The van der Waals surface area contributed by atoms with Crippen LogP contribution in [-0.2, 0) is 11.3 Å². The maximum atomic E-state index is 13.6. The zero-order valence-corrected chi connectivity index (χ0v) is 16.4. The van der Waals surface area contributed by atoms with Crippen molar-refractivity contribution in [2.24, 2.45) is 0 Å². The molecule has 1 aliphatic rings. The van der Waals surface area contributed by atoms with Crippen molar-refractivity contribution in [3.8, 4) is 0 Å².